The van der Waals surface area contributed by atoms with Gasteiger partial charge in [0, 0.05) is 77.9 Å². The molecule has 0 N–H and O–H groups in total. The Morgan fingerprint density at radius 1 is 0.210 bits per heavy atom. The second kappa shape index (κ2) is 26.8. The monoisotopic (exact) mass is 1530 g/mol. The third-order valence-corrected chi connectivity index (χ3v) is 26.2. The van der Waals surface area contributed by atoms with E-state index in [-0.39, 0.29) is 33.8 Å². The van der Waals surface area contributed by atoms with Gasteiger partial charge in [-0.25, -0.2) is 0 Å². The highest BCUT2D eigenvalue weighted by molar-refractivity contribution is 7.00. The summed E-state index contributed by atoms with van der Waals surface area (Å²) in [7, 11) is 0. The molecular weight excluding hydrogens is 1440 g/mol. The molecule has 4 nitrogen and oxygen atoms in total. The van der Waals surface area contributed by atoms with E-state index in [1.165, 1.54) is 131 Å². The fraction of sp³-hybridized carbons (Fsp3) is 0.175. The van der Waals surface area contributed by atoms with E-state index < -0.39 is 0 Å². The van der Waals surface area contributed by atoms with Crippen LogP contribution in [0.15, 0.2) is 328 Å². The number of hydrogen-bond donors (Lipinski definition) is 0. The van der Waals surface area contributed by atoms with Gasteiger partial charge in [-0.05, 0) is 234 Å². The molecule has 119 heavy (non-hydrogen) atoms. The minimum absolute atomic E-state index is 0.0723. The maximum absolute atomic E-state index is 2.75. The second-order valence-corrected chi connectivity index (χ2v) is 38.9. The van der Waals surface area contributed by atoms with Gasteiger partial charge in [0.2, 0.25) is 0 Å². The third-order valence-electron chi connectivity index (χ3n) is 26.2. The van der Waals surface area contributed by atoms with Gasteiger partial charge in [0.05, 0.1) is 33.4 Å². The molecule has 0 spiro atoms. The lowest BCUT2D eigenvalue weighted by Gasteiger charge is -2.46. The lowest BCUT2D eigenvalue weighted by Crippen LogP contribution is -2.61. The van der Waals surface area contributed by atoms with Crippen LogP contribution < -0.4 is 26.2 Å². The molecule has 0 aliphatic carbocycles. The summed E-state index contributed by atoms with van der Waals surface area (Å²) in [5.41, 5.74) is 32.4. The van der Waals surface area contributed by atoms with Crippen LogP contribution in [0.1, 0.15) is 132 Å². The van der Waals surface area contributed by atoms with E-state index in [0.29, 0.717) is 0 Å². The van der Waals surface area contributed by atoms with E-state index in [1.807, 2.05) is 0 Å². The van der Waals surface area contributed by atoms with Gasteiger partial charge in [-0.15, -0.1) is 0 Å². The number of hydrogen-bond acceptors (Lipinski definition) is 2. The minimum Gasteiger partial charge on any atom is -0.310 e. The van der Waals surface area contributed by atoms with Crippen molar-refractivity contribution in [2.75, 3.05) is 9.80 Å². The average molecular weight is 1540 g/mol. The van der Waals surface area contributed by atoms with Crippen LogP contribution in [0.25, 0.3) is 143 Å². The lowest BCUT2D eigenvalue weighted by molar-refractivity contribution is 0.590. The number of benzene rings is 17. The van der Waals surface area contributed by atoms with Gasteiger partial charge in [0.1, 0.15) is 0 Å². The number of rotatable bonds is 8. The van der Waals surface area contributed by atoms with E-state index >= 15 is 0 Å². The zero-order valence-electron chi connectivity index (χ0n) is 71.0. The van der Waals surface area contributed by atoms with Crippen LogP contribution in [0, 0.1) is 0 Å². The fourth-order valence-corrected chi connectivity index (χ4v) is 19.7. The van der Waals surface area contributed by atoms with E-state index in [1.54, 1.807) is 0 Å². The lowest BCUT2D eigenvalue weighted by atomic mass is 9.33. The summed E-state index contributed by atoms with van der Waals surface area (Å²) in [4.78, 5) is 5.50. The molecule has 21 rings (SSSR count). The molecule has 0 unspecified atom stereocenters. The number of aromatic nitrogens is 2. The van der Waals surface area contributed by atoms with Gasteiger partial charge < -0.3 is 18.9 Å². The molecule has 0 radical (unpaired) electrons. The van der Waals surface area contributed by atoms with E-state index in [9.17, 15) is 0 Å². The quantitative estimate of drug-likeness (QED) is 0.111. The number of para-hydroxylation sites is 2. The number of nitrogens with zero attached hydrogens (tertiary/aromatic N) is 4. The van der Waals surface area contributed by atoms with Crippen LogP contribution in [0.4, 0.5) is 34.1 Å². The van der Waals surface area contributed by atoms with Gasteiger partial charge in [-0.3, -0.25) is 0 Å². The Morgan fingerprint density at radius 2 is 0.529 bits per heavy atom. The minimum atomic E-state index is -0.365. The van der Waals surface area contributed by atoms with Crippen molar-refractivity contribution in [2.24, 2.45) is 0 Å². The molecule has 0 saturated carbocycles. The molecular formula is C114H99BN4. The SMILES string of the molecule is CC(C)(C)c1cc2c3c(c1)N(c1c(-c4ccccc4)cccc1-c1ccc4c(ccc5ccccc54)c1)c1cc(-n4c5ccc(C(C)(C)C)cc5c5cc(C(C)(C)C)ccc54)ccc1B3c1ccc(-n3c4ccc(C(C)(C)C)cc4c4cc(C(C)(C)C)ccc43)cc1N2c1c(-c2ccccc2)cccc1-c1ccc2c(ccc3ccccc32)c1. The summed E-state index contributed by atoms with van der Waals surface area (Å²) in [6, 6.07) is 127. The summed E-state index contributed by atoms with van der Waals surface area (Å²) in [5.74, 6) is 0. The van der Waals surface area contributed by atoms with Crippen molar-refractivity contribution < 1.29 is 0 Å². The van der Waals surface area contributed by atoms with Crippen LogP contribution in [0.5, 0.6) is 0 Å². The first-order valence-corrected chi connectivity index (χ1v) is 42.6. The zero-order valence-corrected chi connectivity index (χ0v) is 71.0. The molecule has 2 aliphatic heterocycles. The van der Waals surface area contributed by atoms with E-state index in [4.69, 9.17) is 0 Å². The van der Waals surface area contributed by atoms with Crippen LogP contribution >= 0.6 is 0 Å². The summed E-state index contributed by atoms with van der Waals surface area (Å²) >= 11 is 0. The van der Waals surface area contributed by atoms with Crippen molar-refractivity contribution in [3.63, 3.8) is 0 Å². The van der Waals surface area contributed by atoms with Crippen molar-refractivity contribution in [3.8, 4) is 55.9 Å². The molecule has 0 amide bonds. The van der Waals surface area contributed by atoms with Gasteiger partial charge in [0.25, 0.3) is 6.71 Å². The molecule has 0 fully saturated rings. The Balaban J connectivity index is 0.919. The summed E-state index contributed by atoms with van der Waals surface area (Å²) < 4.78 is 5.15. The Morgan fingerprint density at radius 3 is 0.882 bits per heavy atom. The maximum Gasteiger partial charge on any atom is 0.252 e. The number of anilines is 6. The van der Waals surface area contributed by atoms with Crippen LogP contribution in [-0.4, -0.2) is 15.8 Å². The molecule has 0 atom stereocenters. The highest BCUT2D eigenvalue weighted by atomic mass is 15.2. The predicted octanol–water partition coefficient (Wildman–Crippen LogP) is 29.7. The van der Waals surface area contributed by atoms with Gasteiger partial charge >= 0.3 is 0 Å². The van der Waals surface area contributed by atoms with Gasteiger partial charge in [-0.1, -0.05) is 334 Å². The Hall–Kier alpha value is -13.0. The van der Waals surface area contributed by atoms with Crippen molar-refractivity contribution in [3.05, 3.63) is 355 Å². The molecule has 578 valence electrons. The topological polar surface area (TPSA) is 16.3 Å². The first-order chi connectivity index (χ1) is 57.2. The van der Waals surface area contributed by atoms with Gasteiger partial charge in [0.15, 0.2) is 0 Å². The first kappa shape index (κ1) is 73.7. The summed E-state index contributed by atoms with van der Waals surface area (Å²) in [6.07, 6.45) is 0. The predicted molar refractivity (Wildman–Crippen MR) is 514 cm³/mol. The van der Waals surface area contributed by atoms with Crippen molar-refractivity contribution in [1.29, 1.82) is 0 Å². The Kier molecular flexibility index (Phi) is 16.6. The highest BCUT2D eigenvalue weighted by Crippen LogP contribution is 2.56. The maximum atomic E-state index is 2.75. The molecule has 2 aromatic heterocycles. The van der Waals surface area contributed by atoms with Crippen molar-refractivity contribution >= 4 is 144 Å². The Labute approximate surface area is 700 Å². The van der Waals surface area contributed by atoms with E-state index in [0.717, 1.165) is 90.0 Å². The first-order valence-electron chi connectivity index (χ1n) is 42.6. The summed E-state index contributed by atoms with van der Waals surface area (Å²) in [5, 5.41) is 14.9. The highest BCUT2D eigenvalue weighted by Gasteiger charge is 2.47. The molecule has 17 aromatic carbocycles. The normalized spacial score (nSPS) is 13.3. The second-order valence-electron chi connectivity index (χ2n) is 38.9. The smallest absolute Gasteiger partial charge is 0.252 e. The summed E-state index contributed by atoms with van der Waals surface area (Å²) in [6.45, 7) is 35.1. The largest absolute Gasteiger partial charge is 0.310 e. The van der Waals surface area contributed by atoms with Gasteiger partial charge in [-0.2, -0.15) is 0 Å². The molecule has 0 saturated heterocycles. The average Bonchev–Trinajstić information content (AvgIpc) is 0.730. The molecule has 0 bridgehead atoms. The van der Waals surface area contributed by atoms with Crippen LogP contribution in [-0.2, 0) is 27.1 Å². The van der Waals surface area contributed by atoms with E-state index in [2.05, 4.69) is 450 Å². The van der Waals surface area contributed by atoms with Crippen LogP contribution in [0.2, 0.25) is 0 Å². The standard InChI is InChI=1S/C114H99BN4/c1-110(2,3)78-46-56-99-93(62-78)94-63-79(111(4,5)6)47-57-100(94)116(99)83-50-54-97-103(68-83)118(108-89(70-28-18-16-19-29-70)36-26-38-91(108)76-44-52-87-74(60-76)42-40-72-32-22-24-34-85(72)87)105-66-82(114(13,14)15)67-106-107(105)115(97)98-55-51-84(117-101-58-48-80(112(7,8)9)64-95(101)96-65-81(113(10,11)12)49-59-102(96)117)69-104(98)119(106)109-90(71-30-20-17-21-31-71)37-27-39-92(109)77-45-53-88-75(61-77)43-41-73-33-23-25-35-86(73)88/h16-69H,1-15H3. The molecule has 4 heterocycles. The molecule has 5 heteroatoms. The van der Waals surface area contributed by atoms with Crippen LogP contribution in [0.3, 0.4) is 0 Å². The Bertz CT molecular complexity index is 6860. The zero-order chi connectivity index (χ0) is 81.7. The molecule has 2 aliphatic rings. The number of fused-ring (bicyclic) bond motifs is 16. The third kappa shape index (κ3) is 12.0. The fourth-order valence-electron chi connectivity index (χ4n) is 19.7. The van der Waals surface area contributed by atoms with Crippen molar-refractivity contribution in [1.82, 2.24) is 9.13 Å². The molecule has 19 aromatic rings. The van der Waals surface area contributed by atoms with Crippen molar-refractivity contribution in [2.45, 2.75) is 131 Å².